The van der Waals surface area contributed by atoms with Crippen LogP contribution in [0.15, 0.2) is 71.8 Å². The molecule has 0 bridgehead atoms. The lowest BCUT2D eigenvalue weighted by atomic mass is 10.1. The van der Waals surface area contributed by atoms with Crippen molar-refractivity contribution in [3.8, 4) is 11.3 Å². The second kappa shape index (κ2) is 5.17. The van der Waals surface area contributed by atoms with Crippen LogP contribution >= 0.6 is 0 Å². The minimum atomic E-state index is 0.843. The molecule has 3 aromatic rings. The molecule has 0 unspecified atom stereocenters. The van der Waals surface area contributed by atoms with Gasteiger partial charge in [0.15, 0.2) is 0 Å². The highest BCUT2D eigenvalue weighted by Gasteiger charge is 2.11. The van der Waals surface area contributed by atoms with Gasteiger partial charge in [0.1, 0.15) is 11.3 Å². The Morgan fingerprint density at radius 1 is 1.20 bits per heavy atom. The van der Waals surface area contributed by atoms with Gasteiger partial charge >= 0.3 is 0 Å². The first-order chi connectivity index (χ1) is 9.83. The first-order valence-corrected chi connectivity index (χ1v) is 6.56. The van der Waals surface area contributed by atoms with Crippen LogP contribution in [0.4, 0.5) is 0 Å². The van der Waals surface area contributed by atoms with Gasteiger partial charge in [-0.05, 0) is 24.6 Å². The fourth-order valence-corrected chi connectivity index (χ4v) is 2.29. The van der Waals surface area contributed by atoms with Crippen molar-refractivity contribution in [1.29, 1.82) is 0 Å². The number of hydrogen-bond donors (Lipinski definition) is 0. The Hall–Kier alpha value is -2.61. The molecule has 2 nitrogen and oxygen atoms in total. The quantitative estimate of drug-likeness (QED) is 0.614. The summed E-state index contributed by atoms with van der Waals surface area (Å²) in [6, 6.07) is 14.0. The van der Waals surface area contributed by atoms with E-state index in [1.54, 1.807) is 6.20 Å². The third kappa shape index (κ3) is 2.05. The summed E-state index contributed by atoms with van der Waals surface area (Å²) in [5.41, 5.74) is 3.83. The van der Waals surface area contributed by atoms with Crippen LogP contribution in [0.5, 0.6) is 0 Å². The van der Waals surface area contributed by atoms with Gasteiger partial charge in [0.2, 0.25) is 0 Å². The molecule has 0 aliphatic heterocycles. The average molecular weight is 261 g/mol. The molecular formula is C18H15NO. The molecule has 3 rings (SSSR count). The second-order valence-electron chi connectivity index (χ2n) is 4.50. The highest BCUT2D eigenvalue weighted by atomic mass is 16.3. The highest BCUT2D eigenvalue weighted by Crippen LogP contribution is 2.31. The van der Waals surface area contributed by atoms with Gasteiger partial charge in [0.25, 0.3) is 0 Å². The van der Waals surface area contributed by atoms with Crippen LogP contribution in [0.3, 0.4) is 0 Å². The molecule has 2 aromatic heterocycles. The molecule has 1 aromatic carbocycles. The Kier molecular flexibility index (Phi) is 3.21. The Bertz CT molecular complexity index is 782. The molecule has 0 saturated carbocycles. The van der Waals surface area contributed by atoms with E-state index >= 15 is 0 Å². The van der Waals surface area contributed by atoms with Gasteiger partial charge in [0.05, 0.1) is 5.69 Å². The number of rotatable bonds is 3. The van der Waals surface area contributed by atoms with E-state index in [0.29, 0.717) is 0 Å². The SMILES string of the molecule is C=C/C(=C\C)c1nccc2oc(-c3ccccc3)cc12. The normalized spacial score (nSPS) is 11.8. The van der Waals surface area contributed by atoms with Gasteiger partial charge in [-0.1, -0.05) is 49.1 Å². The standard InChI is InChI=1S/C18H15NO/c1-3-13(4-2)18-15-12-17(14-8-6-5-7-9-14)20-16(15)10-11-19-18/h3-12H,1H2,2H3/b13-4+. The average Bonchev–Trinajstić information content (AvgIpc) is 2.94. The lowest BCUT2D eigenvalue weighted by Gasteiger charge is -2.00. The van der Waals surface area contributed by atoms with Crippen LogP contribution < -0.4 is 0 Å². The van der Waals surface area contributed by atoms with E-state index in [-0.39, 0.29) is 0 Å². The summed E-state index contributed by atoms with van der Waals surface area (Å²) >= 11 is 0. The number of nitrogens with zero attached hydrogens (tertiary/aromatic N) is 1. The number of allylic oxidation sites excluding steroid dienone is 3. The van der Waals surface area contributed by atoms with Crippen LogP contribution in [-0.2, 0) is 0 Å². The van der Waals surface area contributed by atoms with E-state index in [4.69, 9.17) is 4.42 Å². The summed E-state index contributed by atoms with van der Waals surface area (Å²) in [6.07, 6.45) is 5.59. The fourth-order valence-electron chi connectivity index (χ4n) is 2.29. The number of benzene rings is 1. The Balaban J connectivity index is 2.22. The van der Waals surface area contributed by atoms with E-state index < -0.39 is 0 Å². The van der Waals surface area contributed by atoms with Crippen molar-refractivity contribution in [2.75, 3.05) is 0 Å². The van der Waals surface area contributed by atoms with Crippen LogP contribution in [0.2, 0.25) is 0 Å². The number of fused-ring (bicyclic) bond motifs is 1. The fraction of sp³-hybridized carbons (Fsp3) is 0.0556. The highest BCUT2D eigenvalue weighted by molar-refractivity contribution is 5.93. The van der Waals surface area contributed by atoms with Gasteiger partial charge in [-0.3, -0.25) is 4.98 Å². The van der Waals surface area contributed by atoms with E-state index in [2.05, 4.69) is 11.6 Å². The summed E-state index contributed by atoms with van der Waals surface area (Å²) in [5.74, 6) is 0.856. The maximum atomic E-state index is 5.93. The monoisotopic (exact) mass is 261 g/mol. The van der Waals surface area contributed by atoms with Crippen molar-refractivity contribution in [3.63, 3.8) is 0 Å². The van der Waals surface area contributed by atoms with Gasteiger partial charge in [-0.15, -0.1) is 0 Å². The van der Waals surface area contributed by atoms with Gasteiger partial charge in [-0.2, -0.15) is 0 Å². The number of hydrogen-bond acceptors (Lipinski definition) is 2. The molecule has 0 N–H and O–H groups in total. The molecule has 20 heavy (non-hydrogen) atoms. The van der Waals surface area contributed by atoms with Crippen molar-refractivity contribution in [3.05, 3.63) is 73.1 Å². The van der Waals surface area contributed by atoms with Crippen molar-refractivity contribution in [2.24, 2.45) is 0 Å². The van der Waals surface area contributed by atoms with E-state index in [9.17, 15) is 0 Å². The Morgan fingerprint density at radius 2 is 2.00 bits per heavy atom. The maximum absolute atomic E-state index is 5.93. The molecule has 0 atom stereocenters. The first kappa shape index (κ1) is 12.4. The third-order valence-electron chi connectivity index (χ3n) is 3.31. The Labute approximate surface area is 118 Å². The molecule has 0 radical (unpaired) electrons. The number of furan rings is 1. The second-order valence-corrected chi connectivity index (χ2v) is 4.50. The lowest BCUT2D eigenvalue weighted by molar-refractivity contribution is 0.631. The van der Waals surface area contributed by atoms with Crippen molar-refractivity contribution in [1.82, 2.24) is 4.98 Å². The van der Waals surface area contributed by atoms with Crippen LogP contribution in [0, 0.1) is 0 Å². The van der Waals surface area contributed by atoms with Crippen LogP contribution in [0.1, 0.15) is 12.6 Å². The zero-order chi connectivity index (χ0) is 13.9. The van der Waals surface area contributed by atoms with Crippen molar-refractivity contribution in [2.45, 2.75) is 6.92 Å². The maximum Gasteiger partial charge on any atom is 0.138 e. The van der Waals surface area contributed by atoms with Crippen molar-refractivity contribution < 1.29 is 4.42 Å². The van der Waals surface area contributed by atoms with E-state index in [0.717, 1.165) is 33.6 Å². The zero-order valence-electron chi connectivity index (χ0n) is 11.3. The topological polar surface area (TPSA) is 26.0 Å². The lowest BCUT2D eigenvalue weighted by Crippen LogP contribution is -1.86. The van der Waals surface area contributed by atoms with E-state index in [1.807, 2.05) is 61.5 Å². The van der Waals surface area contributed by atoms with E-state index in [1.165, 1.54) is 0 Å². The number of aromatic nitrogens is 1. The van der Waals surface area contributed by atoms with Gasteiger partial charge in [-0.25, -0.2) is 0 Å². The number of pyridine rings is 1. The molecule has 0 saturated heterocycles. The molecule has 2 heteroatoms. The molecule has 0 aliphatic carbocycles. The van der Waals surface area contributed by atoms with Crippen LogP contribution in [-0.4, -0.2) is 4.98 Å². The van der Waals surface area contributed by atoms with Crippen molar-refractivity contribution >= 4 is 16.5 Å². The minimum Gasteiger partial charge on any atom is -0.456 e. The third-order valence-corrected chi connectivity index (χ3v) is 3.31. The van der Waals surface area contributed by atoms with Gasteiger partial charge < -0.3 is 4.42 Å². The first-order valence-electron chi connectivity index (χ1n) is 6.56. The smallest absolute Gasteiger partial charge is 0.138 e. The molecular weight excluding hydrogens is 246 g/mol. The molecule has 0 fully saturated rings. The molecule has 0 spiro atoms. The largest absolute Gasteiger partial charge is 0.456 e. The zero-order valence-corrected chi connectivity index (χ0v) is 11.3. The summed E-state index contributed by atoms with van der Waals surface area (Å²) < 4.78 is 5.93. The Morgan fingerprint density at radius 3 is 2.70 bits per heavy atom. The van der Waals surface area contributed by atoms with Gasteiger partial charge in [0, 0.05) is 17.1 Å². The summed E-state index contributed by atoms with van der Waals surface area (Å²) in [4.78, 5) is 4.46. The summed E-state index contributed by atoms with van der Waals surface area (Å²) in [6.45, 7) is 5.82. The molecule has 98 valence electrons. The summed E-state index contributed by atoms with van der Waals surface area (Å²) in [5, 5.41) is 1.01. The predicted molar refractivity (Wildman–Crippen MR) is 83.3 cm³/mol. The minimum absolute atomic E-state index is 0.843. The van der Waals surface area contributed by atoms with Crippen LogP contribution in [0.25, 0.3) is 27.9 Å². The predicted octanol–water partition coefficient (Wildman–Crippen LogP) is 5.08. The summed E-state index contributed by atoms with van der Waals surface area (Å²) in [7, 11) is 0. The molecule has 0 amide bonds. The molecule has 0 aliphatic rings. The molecule has 2 heterocycles.